The molecule has 0 unspecified atom stereocenters. The predicted molar refractivity (Wildman–Crippen MR) is 224 cm³/mol. The van der Waals surface area contributed by atoms with Gasteiger partial charge in [0.05, 0.1) is 22.4 Å². The first-order valence-electron chi connectivity index (χ1n) is 17.8. The average Bonchev–Trinajstić information content (AvgIpc) is 3.16. The van der Waals surface area contributed by atoms with Crippen molar-refractivity contribution in [3.05, 3.63) is 105 Å². The van der Waals surface area contributed by atoms with E-state index in [1.165, 1.54) is 38.4 Å². The maximum absolute atomic E-state index is 13.1. The summed E-state index contributed by atoms with van der Waals surface area (Å²) in [5.74, 6) is 0.0572. The topological polar surface area (TPSA) is 229 Å². The molecule has 4 aromatic carbocycles. The van der Waals surface area contributed by atoms with Crippen molar-refractivity contribution in [2.45, 2.75) is 51.3 Å². The minimum Gasteiger partial charge on any atom is -0.456 e. The number of aryl methyl sites for hydroxylation is 4. The number of benzene rings is 5. The van der Waals surface area contributed by atoms with Crippen LogP contribution in [0, 0.1) is 41.5 Å². The largest absolute Gasteiger partial charge is 0.456 e. The van der Waals surface area contributed by atoms with E-state index in [1.54, 1.807) is 51.1 Å². The van der Waals surface area contributed by atoms with Crippen molar-refractivity contribution in [3.63, 3.8) is 0 Å². The van der Waals surface area contributed by atoms with Gasteiger partial charge in [-0.1, -0.05) is 30.3 Å². The number of hydrogen-bond acceptors (Lipinski definition) is 9. The highest BCUT2D eigenvalue weighted by atomic mass is 32.2. The summed E-state index contributed by atoms with van der Waals surface area (Å²) in [6.45, 7) is 10.9. The first-order chi connectivity index (χ1) is 27.2. The van der Waals surface area contributed by atoms with Gasteiger partial charge >= 0.3 is 12.1 Å². The Balaban J connectivity index is 1.68. The SMILES string of the molecule is CNC(=O)Nc1c(C)cc(C)c(/N=c2/cc3oc4cc(Nc5c(C)cc(C)c(NC(=O)NC)c5C)ccc4c(-c4ccccc4S(=O)(=O)O)c-3cc2S(=O)(=O)O)c1C. The molecule has 0 spiro atoms. The third-order valence-electron chi connectivity index (χ3n) is 9.85. The van der Waals surface area contributed by atoms with Crippen LogP contribution in [0.5, 0.6) is 0 Å². The molecule has 302 valence electrons. The van der Waals surface area contributed by atoms with Crippen molar-refractivity contribution in [3.8, 4) is 22.5 Å². The van der Waals surface area contributed by atoms with E-state index in [0.29, 0.717) is 45.0 Å². The van der Waals surface area contributed by atoms with Crippen LogP contribution >= 0.6 is 0 Å². The molecule has 0 aromatic heterocycles. The number of fused-ring (bicyclic) bond motifs is 2. The Bertz CT molecular complexity index is 2960. The first-order valence-corrected chi connectivity index (χ1v) is 20.7. The predicted octanol–water partition coefficient (Wildman–Crippen LogP) is 8.03. The second-order valence-electron chi connectivity index (χ2n) is 13.8. The van der Waals surface area contributed by atoms with Gasteiger partial charge in [-0.05, 0) is 99.2 Å². The monoisotopic (exact) mass is 826 g/mol. The Hall–Kier alpha value is -6.27. The Morgan fingerprint density at radius 1 is 0.638 bits per heavy atom. The fourth-order valence-electron chi connectivity index (χ4n) is 7.19. The molecule has 0 saturated heterocycles. The lowest BCUT2D eigenvalue weighted by atomic mass is 9.93. The van der Waals surface area contributed by atoms with E-state index >= 15 is 0 Å². The molecule has 1 aliphatic carbocycles. The lowest BCUT2D eigenvalue weighted by Gasteiger charge is -2.21. The maximum Gasteiger partial charge on any atom is 0.318 e. The third kappa shape index (κ3) is 7.97. The molecule has 58 heavy (non-hydrogen) atoms. The average molecular weight is 827 g/mol. The molecule has 0 bridgehead atoms. The summed E-state index contributed by atoms with van der Waals surface area (Å²) >= 11 is 0. The fourth-order valence-corrected chi connectivity index (χ4v) is 8.53. The molecular weight excluding hydrogens is 785 g/mol. The van der Waals surface area contributed by atoms with Crippen molar-refractivity contribution in [2.24, 2.45) is 4.99 Å². The zero-order valence-corrected chi connectivity index (χ0v) is 34.5. The molecule has 0 atom stereocenters. The van der Waals surface area contributed by atoms with Crippen LogP contribution < -0.4 is 31.9 Å². The number of carbonyl (C=O) groups is 2. The molecule has 1 heterocycles. The summed E-state index contributed by atoms with van der Waals surface area (Å²) in [4.78, 5) is 28.2. The number of nitrogens with zero attached hydrogens (tertiary/aromatic N) is 1. The highest BCUT2D eigenvalue weighted by molar-refractivity contribution is 7.86. The van der Waals surface area contributed by atoms with Crippen LogP contribution in [0.15, 0.2) is 85.9 Å². The Morgan fingerprint density at radius 2 is 1.21 bits per heavy atom. The van der Waals surface area contributed by atoms with Crippen molar-refractivity contribution in [2.75, 3.05) is 30.0 Å². The van der Waals surface area contributed by atoms with Crippen LogP contribution in [0.2, 0.25) is 0 Å². The molecule has 0 saturated carbocycles. The van der Waals surface area contributed by atoms with E-state index in [0.717, 1.165) is 28.3 Å². The van der Waals surface area contributed by atoms with Gasteiger partial charge in [0.15, 0.2) is 0 Å². The molecule has 0 fully saturated rings. The van der Waals surface area contributed by atoms with E-state index < -0.39 is 36.1 Å². The number of hydrogen-bond donors (Lipinski definition) is 7. The first kappa shape index (κ1) is 41.4. The number of urea groups is 2. The summed E-state index contributed by atoms with van der Waals surface area (Å²) in [5, 5.41) is 14.3. The zero-order chi connectivity index (χ0) is 42.4. The maximum atomic E-state index is 13.1. The van der Waals surface area contributed by atoms with Gasteiger partial charge in [0, 0.05) is 59.7 Å². The summed E-state index contributed by atoms with van der Waals surface area (Å²) in [6.07, 6.45) is 0. The molecular formula is C41H42N6O9S2. The molecule has 1 aliphatic heterocycles. The van der Waals surface area contributed by atoms with Crippen molar-refractivity contribution >= 4 is 71.7 Å². The van der Waals surface area contributed by atoms with Crippen molar-refractivity contribution < 1.29 is 39.9 Å². The summed E-state index contributed by atoms with van der Waals surface area (Å²) in [7, 11) is -6.81. The highest BCUT2D eigenvalue weighted by Crippen LogP contribution is 2.44. The minimum atomic E-state index is -4.99. The van der Waals surface area contributed by atoms with Gasteiger partial charge in [0.2, 0.25) is 0 Å². The summed E-state index contributed by atoms with van der Waals surface area (Å²) in [6, 6.07) is 16.1. The summed E-state index contributed by atoms with van der Waals surface area (Å²) in [5.41, 5.74) is 7.58. The van der Waals surface area contributed by atoms with Gasteiger partial charge in [-0.3, -0.25) is 9.11 Å². The van der Waals surface area contributed by atoms with E-state index in [-0.39, 0.29) is 39.4 Å². The lowest BCUT2D eigenvalue weighted by Crippen LogP contribution is -2.25. The van der Waals surface area contributed by atoms with Crippen LogP contribution in [0.25, 0.3) is 33.4 Å². The number of amides is 4. The normalized spacial score (nSPS) is 12.1. The second-order valence-corrected chi connectivity index (χ2v) is 16.6. The third-order valence-corrected chi connectivity index (χ3v) is 11.6. The van der Waals surface area contributed by atoms with Gasteiger partial charge < -0.3 is 31.0 Å². The van der Waals surface area contributed by atoms with E-state index in [1.807, 2.05) is 26.8 Å². The summed E-state index contributed by atoms with van der Waals surface area (Å²) < 4.78 is 79.2. The number of anilines is 4. The second kappa shape index (κ2) is 15.6. The quantitative estimate of drug-likeness (QED) is 0.0577. The Labute approximate surface area is 335 Å². The van der Waals surface area contributed by atoms with Gasteiger partial charge in [0.25, 0.3) is 20.2 Å². The molecule has 4 amide bonds. The number of rotatable bonds is 8. The van der Waals surface area contributed by atoms with Crippen LogP contribution in [-0.2, 0) is 20.2 Å². The van der Waals surface area contributed by atoms with Crippen molar-refractivity contribution in [1.82, 2.24) is 10.6 Å². The smallest absolute Gasteiger partial charge is 0.318 e. The number of nitrogens with one attached hydrogen (secondary N) is 5. The number of carbonyl (C=O) groups excluding carboxylic acids is 2. The van der Waals surface area contributed by atoms with Crippen LogP contribution in [0.3, 0.4) is 0 Å². The van der Waals surface area contributed by atoms with Gasteiger partial charge in [-0.2, -0.15) is 16.8 Å². The van der Waals surface area contributed by atoms with Gasteiger partial charge in [0.1, 0.15) is 21.1 Å². The standard InChI is InChI=1S/C41H42N6O9S2/c1-20-15-22(3)38(46-40(48)42-7)24(5)36(20)44-26-13-14-27-31(17-26)56-32-19-30(45-37-21(2)16-23(4)39(25(37)6)47-41(49)43-8)34(58(53,54)55)18-29(32)35(27)28-11-9-10-12-33(28)57(50,51)52/h9-19,44H,1-8H3,(H2,42,46,48)(H2,43,47,49)(H,50,51,52)(H,53,54,55)/b45-30-. The Kier molecular flexibility index (Phi) is 11.1. The Morgan fingerprint density at radius 3 is 1.81 bits per heavy atom. The van der Waals surface area contributed by atoms with E-state index in [9.17, 15) is 35.5 Å². The van der Waals surface area contributed by atoms with Crippen LogP contribution in [0.4, 0.5) is 38.0 Å². The van der Waals surface area contributed by atoms with Gasteiger partial charge in [-0.15, -0.1) is 0 Å². The lowest BCUT2D eigenvalue weighted by molar-refractivity contribution is 0.253. The fraction of sp³-hybridized carbons (Fsp3) is 0.195. The zero-order valence-electron chi connectivity index (χ0n) is 32.9. The highest BCUT2D eigenvalue weighted by Gasteiger charge is 2.27. The molecule has 15 nitrogen and oxygen atoms in total. The molecule has 6 rings (SSSR count). The van der Waals surface area contributed by atoms with Crippen LogP contribution in [0.1, 0.15) is 33.4 Å². The molecule has 17 heteroatoms. The molecule has 2 aliphatic rings. The van der Waals surface area contributed by atoms with Gasteiger partial charge in [-0.25, -0.2) is 14.6 Å². The molecule has 4 aromatic rings. The van der Waals surface area contributed by atoms with Crippen molar-refractivity contribution in [1.29, 1.82) is 0 Å². The molecule has 0 radical (unpaired) electrons. The van der Waals surface area contributed by atoms with E-state index in [2.05, 4.69) is 26.6 Å². The van der Waals surface area contributed by atoms with Crippen LogP contribution in [-0.4, -0.2) is 52.1 Å². The van der Waals surface area contributed by atoms with E-state index in [4.69, 9.17) is 9.41 Å². The minimum absolute atomic E-state index is 0.0350. The molecule has 7 N–H and O–H groups in total.